The lowest BCUT2D eigenvalue weighted by Gasteiger charge is -2.18. The molecule has 1 heterocycles. The Hall–Kier alpha value is -2.01. The molecule has 3 aromatic rings. The number of rotatable bonds is 5. The Morgan fingerprint density at radius 1 is 0.963 bits per heavy atom. The molecule has 0 atom stereocenters. The zero-order valence-corrected chi connectivity index (χ0v) is 17.4. The topological polar surface area (TPSA) is 30.0 Å². The van der Waals surface area contributed by atoms with Gasteiger partial charge in [0, 0.05) is 20.9 Å². The average Bonchev–Trinajstić information content (AvgIpc) is 3.23. The Labute approximate surface area is 174 Å². The predicted molar refractivity (Wildman–Crippen MR) is 118 cm³/mol. The zero-order chi connectivity index (χ0) is 18.6. The van der Waals surface area contributed by atoms with Gasteiger partial charge in [0.15, 0.2) is 5.78 Å². The number of aromatic nitrogens is 1. The zero-order valence-electron chi connectivity index (χ0n) is 15.2. The molecule has 1 fully saturated rings. The normalized spacial score (nSPS) is 14.4. The first-order valence-electron chi connectivity index (χ1n) is 9.56. The van der Waals surface area contributed by atoms with E-state index in [1.165, 1.54) is 25.7 Å². The third-order valence-electron chi connectivity index (χ3n) is 5.39. The predicted octanol–water partition coefficient (Wildman–Crippen LogP) is 6.32. The highest BCUT2D eigenvalue weighted by atomic mass is 127. The van der Waals surface area contributed by atoms with E-state index in [2.05, 4.69) is 34.7 Å². The van der Waals surface area contributed by atoms with Crippen molar-refractivity contribution in [3.63, 3.8) is 0 Å². The number of pyridine rings is 1. The highest BCUT2D eigenvalue weighted by molar-refractivity contribution is 14.1. The molecule has 0 aliphatic heterocycles. The lowest BCUT2D eigenvalue weighted by Crippen LogP contribution is -2.13. The molecule has 0 amide bonds. The van der Waals surface area contributed by atoms with E-state index in [0.717, 1.165) is 37.9 Å². The third kappa shape index (κ3) is 3.98. The van der Waals surface area contributed by atoms with E-state index in [-0.39, 0.29) is 5.78 Å². The van der Waals surface area contributed by atoms with Crippen molar-refractivity contribution < 1.29 is 4.79 Å². The molecule has 2 aromatic carbocycles. The van der Waals surface area contributed by atoms with Gasteiger partial charge in [-0.2, -0.15) is 0 Å². The summed E-state index contributed by atoms with van der Waals surface area (Å²) in [4.78, 5) is 18.3. The molecule has 0 N–H and O–H groups in total. The number of benzene rings is 2. The number of carbonyl (C=O) groups is 1. The van der Waals surface area contributed by atoms with Crippen molar-refractivity contribution in [3.05, 3.63) is 87.3 Å². The van der Waals surface area contributed by atoms with Crippen molar-refractivity contribution in [1.29, 1.82) is 0 Å². The molecular formula is C24H22INO. The van der Waals surface area contributed by atoms with Gasteiger partial charge < -0.3 is 0 Å². The van der Waals surface area contributed by atoms with E-state index < -0.39 is 0 Å². The summed E-state index contributed by atoms with van der Waals surface area (Å²) < 4.78 is 1.02. The maximum Gasteiger partial charge on any atom is 0.195 e. The van der Waals surface area contributed by atoms with Crippen LogP contribution in [0.25, 0.3) is 11.1 Å². The SMILES string of the molecule is O=C(c1ccccc1)c1c(CC2CCCC2)ncc(I)c1-c1ccccc1. The monoisotopic (exact) mass is 467 g/mol. The first kappa shape index (κ1) is 18.4. The summed E-state index contributed by atoms with van der Waals surface area (Å²) in [5, 5.41) is 0. The molecule has 0 unspecified atom stereocenters. The summed E-state index contributed by atoms with van der Waals surface area (Å²) in [5.41, 5.74) is 4.57. The Bertz CT molecular complexity index is 931. The highest BCUT2D eigenvalue weighted by Gasteiger charge is 2.25. The van der Waals surface area contributed by atoms with Crippen LogP contribution in [-0.4, -0.2) is 10.8 Å². The van der Waals surface area contributed by atoms with Crippen molar-refractivity contribution in [2.45, 2.75) is 32.1 Å². The van der Waals surface area contributed by atoms with Gasteiger partial charge in [0.2, 0.25) is 0 Å². The van der Waals surface area contributed by atoms with Crippen LogP contribution in [0, 0.1) is 9.49 Å². The first-order chi connectivity index (χ1) is 13.2. The summed E-state index contributed by atoms with van der Waals surface area (Å²) in [5.74, 6) is 0.719. The molecule has 1 aromatic heterocycles. The van der Waals surface area contributed by atoms with Gasteiger partial charge in [0.25, 0.3) is 0 Å². The van der Waals surface area contributed by atoms with Crippen LogP contribution in [0.2, 0.25) is 0 Å². The maximum atomic E-state index is 13.5. The second kappa shape index (κ2) is 8.34. The second-order valence-corrected chi connectivity index (χ2v) is 8.38. The summed E-state index contributed by atoms with van der Waals surface area (Å²) in [7, 11) is 0. The molecule has 0 spiro atoms. The molecule has 0 radical (unpaired) electrons. The van der Waals surface area contributed by atoms with Crippen molar-refractivity contribution in [1.82, 2.24) is 4.98 Å². The van der Waals surface area contributed by atoms with E-state index >= 15 is 0 Å². The fourth-order valence-corrected chi connectivity index (χ4v) is 4.76. The lowest BCUT2D eigenvalue weighted by atomic mass is 9.89. The molecule has 4 rings (SSSR count). The molecule has 1 saturated carbocycles. The van der Waals surface area contributed by atoms with E-state index in [4.69, 9.17) is 4.98 Å². The summed E-state index contributed by atoms with van der Waals surface area (Å²) in [6.45, 7) is 0. The molecule has 0 bridgehead atoms. The van der Waals surface area contributed by atoms with Crippen LogP contribution in [0.15, 0.2) is 66.9 Å². The molecule has 136 valence electrons. The smallest absolute Gasteiger partial charge is 0.195 e. The Kier molecular flexibility index (Phi) is 5.67. The standard InChI is InChI=1S/C24H22INO/c25-20-16-26-21(15-17-9-7-8-10-17)23(22(20)18-11-3-1-4-12-18)24(27)19-13-5-2-6-14-19/h1-6,11-14,16-17H,7-10,15H2. The van der Waals surface area contributed by atoms with Crippen molar-refractivity contribution >= 4 is 28.4 Å². The highest BCUT2D eigenvalue weighted by Crippen LogP contribution is 2.35. The Balaban J connectivity index is 1.88. The van der Waals surface area contributed by atoms with E-state index in [1.54, 1.807) is 0 Å². The third-order valence-corrected chi connectivity index (χ3v) is 6.21. The molecule has 27 heavy (non-hydrogen) atoms. The van der Waals surface area contributed by atoms with Crippen LogP contribution >= 0.6 is 22.6 Å². The average molecular weight is 467 g/mol. The van der Waals surface area contributed by atoms with Gasteiger partial charge in [0.05, 0.1) is 11.3 Å². The Morgan fingerprint density at radius 3 is 2.26 bits per heavy atom. The summed E-state index contributed by atoms with van der Waals surface area (Å²) >= 11 is 2.31. The number of nitrogens with zero attached hydrogens (tertiary/aromatic N) is 1. The van der Waals surface area contributed by atoms with Gasteiger partial charge in [-0.15, -0.1) is 0 Å². The van der Waals surface area contributed by atoms with Crippen LogP contribution in [-0.2, 0) is 6.42 Å². The van der Waals surface area contributed by atoms with Crippen LogP contribution < -0.4 is 0 Å². The molecule has 1 aliphatic carbocycles. The maximum absolute atomic E-state index is 13.5. The van der Waals surface area contributed by atoms with Crippen molar-refractivity contribution in [2.24, 2.45) is 5.92 Å². The minimum absolute atomic E-state index is 0.0773. The molecule has 2 nitrogen and oxygen atoms in total. The fourth-order valence-electron chi connectivity index (χ4n) is 4.04. The largest absolute Gasteiger partial charge is 0.289 e. The summed E-state index contributed by atoms with van der Waals surface area (Å²) in [6.07, 6.45) is 7.89. The van der Waals surface area contributed by atoms with Crippen LogP contribution in [0.3, 0.4) is 0 Å². The quantitative estimate of drug-likeness (QED) is 0.325. The van der Waals surface area contributed by atoms with Crippen molar-refractivity contribution in [3.8, 4) is 11.1 Å². The number of halogens is 1. The number of hydrogen-bond acceptors (Lipinski definition) is 2. The van der Waals surface area contributed by atoms with Gasteiger partial charge in [0.1, 0.15) is 0 Å². The van der Waals surface area contributed by atoms with Crippen LogP contribution in [0.5, 0.6) is 0 Å². The van der Waals surface area contributed by atoms with Gasteiger partial charge in [-0.1, -0.05) is 86.3 Å². The van der Waals surface area contributed by atoms with Crippen LogP contribution in [0.4, 0.5) is 0 Å². The number of hydrogen-bond donors (Lipinski definition) is 0. The fraction of sp³-hybridized carbons (Fsp3) is 0.250. The van der Waals surface area contributed by atoms with Crippen LogP contribution in [0.1, 0.15) is 47.3 Å². The van der Waals surface area contributed by atoms with Gasteiger partial charge in [-0.25, -0.2) is 0 Å². The second-order valence-electron chi connectivity index (χ2n) is 7.22. The minimum atomic E-state index is 0.0773. The van der Waals surface area contributed by atoms with E-state index in [9.17, 15) is 4.79 Å². The Morgan fingerprint density at radius 2 is 1.59 bits per heavy atom. The molecule has 3 heteroatoms. The van der Waals surface area contributed by atoms with Gasteiger partial charge in [-0.05, 0) is 40.5 Å². The van der Waals surface area contributed by atoms with Gasteiger partial charge >= 0.3 is 0 Å². The molecule has 0 saturated heterocycles. The van der Waals surface area contributed by atoms with E-state index in [0.29, 0.717) is 5.92 Å². The first-order valence-corrected chi connectivity index (χ1v) is 10.6. The lowest BCUT2D eigenvalue weighted by molar-refractivity contribution is 0.103. The van der Waals surface area contributed by atoms with Gasteiger partial charge in [-0.3, -0.25) is 9.78 Å². The summed E-state index contributed by atoms with van der Waals surface area (Å²) in [6, 6.07) is 19.8. The molecule has 1 aliphatic rings. The number of ketones is 1. The number of carbonyl (C=O) groups excluding carboxylic acids is 1. The van der Waals surface area contributed by atoms with Crippen molar-refractivity contribution in [2.75, 3.05) is 0 Å². The minimum Gasteiger partial charge on any atom is -0.289 e. The molecular weight excluding hydrogens is 445 g/mol. The van der Waals surface area contributed by atoms with E-state index in [1.807, 2.05) is 54.7 Å².